The second-order valence-electron chi connectivity index (χ2n) is 4.37. The standard InChI is InChI=1S/C12H25NOS/c1-4-13-10(2)6-5-9-15-12-7-8-14-11(12)3/h10-13H,4-9H2,1-3H3. The number of hydrogen-bond acceptors (Lipinski definition) is 3. The minimum Gasteiger partial charge on any atom is -0.377 e. The van der Waals surface area contributed by atoms with Crippen LogP contribution in [0.5, 0.6) is 0 Å². The molecule has 0 radical (unpaired) electrons. The lowest BCUT2D eigenvalue weighted by molar-refractivity contribution is 0.127. The van der Waals surface area contributed by atoms with E-state index in [0.29, 0.717) is 12.1 Å². The fourth-order valence-electron chi connectivity index (χ4n) is 2.01. The van der Waals surface area contributed by atoms with Gasteiger partial charge in [-0.2, -0.15) is 11.8 Å². The molecule has 90 valence electrons. The summed E-state index contributed by atoms with van der Waals surface area (Å²) < 4.78 is 5.55. The van der Waals surface area contributed by atoms with Crippen molar-refractivity contribution in [1.29, 1.82) is 0 Å². The Hall–Kier alpha value is 0.270. The van der Waals surface area contributed by atoms with Gasteiger partial charge in [-0.05, 0) is 45.4 Å². The van der Waals surface area contributed by atoms with Crippen LogP contribution in [0.3, 0.4) is 0 Å². The van der Waals surface area contributed by atoms with Gasteiger partial charge in [-0.3, -0.25) is 0 Å². The summed E-state index contributed by atoms with van der Waals surface area (Å²) in [4.78, 5) is 0. The van der Waals surface area contributed by atoms with Gasteiger partial charge in [-0.15, -0.1) is 0 Å². The lowest BCUT2D eigenvalue weighted by atomic mass is 10.2. The molecular formula is C12H25NOS. The smallest absolute Gasteiger partial charge is 0.0666 e. The Balaban J connectivity index is 1.96. The molecule has 0 saturated carbocycles. The van der Waals surface area contributed by atoms with E-state index in [2.05, 4.69) is 37.8 Å². The van der Waals surface area contributed by atoms with E-state index in [-0.39, 0.29) is 0 Å². The van der Waals surface area contributed by atoms with Crippen molar-refractivity contribution in [2.45, 2.75) is 57.4 Å². The molecule has 0 spiro atoms. The molecule has 0 aromatic carbocycles. The largest absolute Gasteiger partial charge is 0.377 e. The molecule has 1 aliphatic heterocycles. The van der Waals surface area contributed by atoms with Gasteiger partial charge in [0.2, 0.25) is 0 Å². The highest BCUT2D eigenvalue weighted by atomic mass is 32.2. The Labute approximate surface area is 98.5 Å². The molecule has 3 heteroatoms. The molecule has 1 N–H and O–H groups in total. The molecule has 1 aliphatic rings. The third-order valence-corrected chi connectivity index (χ3v) is 4.54. The average molecular weight is 231 g/mol. The molecule has 3 atom stereocenters. The third kappa shape index (κ3) is 5.23. The van der Waals surface area contributed by atoms with Gasteiger partial charge in [-0.25, -0.2) is 0 Å². The zero-order valence-corrected chi connectivity index (χ0v) is 11.1. The molecule has 15 heavy (non-hydrogen) atoms. The van der Waals surface area contributed by atoms with Crippen molar-refractivity contribution >= 4 is 11.8 Å². The molecular weight excluding hydrogens is 206 g/mol. The van der Waals surface area contributed by atoms with E-state index in [9.17, 15) is 0 Å². The maximum absolute atomic E-state index is 5.55. The summed E-state index contributed by atoms with van der Waals surface area (Å²) in [5.41, 5.74) is 0. The monoisotopic (exact) mass is 231 g/mol. The lowest BCUT2D eigenvalue weighted by Gasteiger charge is -2.15. The van der Waals surface area contributed by atoms with Gasteiger partial charge >= 0.3 is 0 Å². The summed E-state index contributed by atoms with van der Waals surface area (Å²) in [5, 5.41) is 4.20. The van der Waals surface area contributed by atoms with Crippen LogP contribution < -0.4 is 5.32 Å². The summed E-state index contributed by atoms with van der Waals surface area (Å²) in [5.74, 6) is 1.29. The highest BCUT2D eigenvalue weighted by Crippen LogP contribution is 2.26. The van der Waals surface area contributed by atoms with Gasteiger partial charge in [0.05, 0.1) is 6.10 Å². The van der Waals surface area contributed by atoms with Crippen LogP contribution in [0.15, 0.2) is 0 Å². The second kappa shape index (κ2) is 7.53. The van der Waals surface area contributed by atoms with Crippen LogP contribution in [0.4, 0.5) is 0 Å². The number of ether oxygens (including phenoxy) is 1. The Morgan fingerprint density at radius 1 is 1.53 bits per heavy atom. The third-order valence-electron chi connectivity index (χ3n) is 2.97. The first-order valence-corrected chi connectivity index (χ1v) is 7.25. The Bertz CT molecular complexity index is 166. The van der Waals surface area contributed by atoms with Gasteiger partial charge < -0.3 is 10.1 Å². The first-order chi connectivity index (χ1) is 7.24. The van der Waals surface area contributed by atoms with Crippen LogP contribution in [0.2, 0.25) is 0 Å². The van der Waals surface area contributed by atoms with E-state index in [1.807, 2.05) is 0 Å². The summed E-state index contributed by atoms with van der Waals surface area (Å²) in [7, 11) is 0. The van der Waals surface area contributed by atoms with Crippen molar-refractivity contribution in [3.05, 3.63) is 0 Å². The average Bonchev–Trinajstić information content (AvgIpc) is 2.60. The maximum Gasteiger partial charge on any atom is 0.0666 e. The summed E-state index contributed by atoms with van der Waals surface area (Å²) in [6.45, 7) is 8.69. The normalized spacial score (nSPS) is 28.2. The molecule has 1 fully saturated rings. The van der Waals surface area contributed by atoms with E-state index in [4.69, 9.17) is 4.74 Å². The van der Waals surface area contributed by atoms with E-state index >= 15 is 0 Å². The molecule has 0 aliphatic carbocycles. The van der Waals surface area contributed by atoms with Gasteiger partial charge in [-0.1, -0.05) is 6.92 Å². The van der Waals surface area contributed by atoms with Gasteiger partial charge in [0.15, 0.2) is 0 Å². The zero-order valence-electron chi connectivity index (χ0n) is 10.3. The SMILES string of the molecule is CCNC(C)CCCSC1CCOC1C. The van der Waals surface area contributed by atoms with Gasteiger partial charge in [0.25, 0.3) is 0 Å². The Kier molecular flexibility index (Phi) is 6.69. The molecule has 0 aromatic heterocycles. The molecule has 0 amide bonds. The van der Waals surface area contributed by atoms with E-state index < -0.39 is 0 Å². The van der Waals surface area contributed by atoms with Crippen molar-refractivity contribution in [2.75, 3.05) is 18.9 Å². The van der Waals surface area contributed by atoms with Crippen molar-refractivity contribution < 1.29 is 4.74 Å². The van der Waals surface area contributed by atoms with E-state index in [0.717, 1.165) is 18.4 Å². The predicted octanol–water partition coefficient (Wildman–Crippen LogP) is 2.68. The molecule has 0 aromatic rings. The number of thioether (sulfide) groups is 1. The fraction of sp³-hybridized carbons (Fsp3) is 1.00. The highest BCUT2D eigenvalue weighted by molar-refractivity contribution is 7.99. The molecule has 1 heterocycles. The topological polar surface area (TPSA) is 21.3 Å². The summed E-state index contributed by atoms with van der Waals surface area (Å²) >= 11 is 2.10. The van der Waals surface area contributed by atoms with Crippen LogP contribution in [0.25, 0.3) is 0 Å². The molecule has 3 unspecified atom stereocenters. The highest BCUT2D eigenvalue weighted by Gasteiger charge is 2.23. The molecule has 1 rings (SSSR count). The van der Waals surface area contributed by atoms with Crippen LogP contribution >= 0.6 is 11.8 Å². The minimum absolute atomic E-state index is 0.473. The Morgan fingerprint density at radius 3 is 2.93 bits per heavy atom. The van der Waals surface area contributed by atoms with Crippen LogP contribution in [0.1, 0.15) is 40.0 Å². The molecule has 2 nitrogen and oxygen atoms in total. The zero-order chi connectivity index (χ0) is 11.1. The molecule has 1 saturated heterocycles. The van der Waals surface area contributed by atoms with Crippen LogP contribution in [-0.4, -0.2) is 36.3 Å². The predicted molar refractivity (Wildman–Crippen MR) is 68.6 cm³/mol. The number of hydrogen-bond donors (Lipinski definition) is 1. The Morgan fingerprint density at radius 2 is 2.33 bits per heavy atom. The van der Waals surface area contributed by atoms with Crippen molar-refractivity contribution in [1.82, 2.24) is 5.32 Å². The second-order valence-corrected chi connectivity index (χ2v) is 5.72. The summed E-state index contributed by atoms with van der Waals surface area (Å²) in [6, 6.07) is 0.674. The lowest BCUT2D eigenvalue weighted by Crippen LogP contribution is -2.25. The van der Waals surface area contributed by atoms with Gasteiger partial charge in [0.1, 0.15) is 0 Å². The van der Waals surface area contributed by atoms with E-state index in [1.54, 1.807) is 0 Å². The summed E-state index contributed by atoms with van der Waals surface area (Å²) in [6.07, 6.45) is 4.33. The van der Waals surface area contributed by atoms with Crippen molar-refractivity contribution in [3.63, 3.8) is 0 Å². The minimum atomic E-state index is 0.473. The quantitative estimate of drug-likeness (QED) is 0.681. The fourth-order valence-corrected chi connectivity index (χ4v) is 3.25. The van der Waals surface area contributed by atoms with Crippen LogP contribution in [-0.2, 0) is 4.74 Å². The number of rotatable bonds is 7. The first kappa shape index (κ1) is 13.3. The number of nitrogens with one attached hydrogen (secondary N) is 1. The van der Waals surface area contributed by atoms with Gasteiger partial charge in [0, 0.05) is 17.9 Å². The van der Waals surface area contributed by atoms with Crippen molar-refractivity contribution in [2.24, 2.45) is 0 Å². The van der Waals surface area contributed by atoms with E-state index in [1.165, 1.54) is 25.0 Å². The molecule has 0 bridgehead atoms. The first-order valence-electron chi connectivity index (χ1n) is 6.20. The maximum atomic E-state index is 5.55. The van der Waals surface area contributed by atoms with Crippen LogP contribution in [0, 0.1) is 0 Å². The van der Waals surface area contributed by atoms with Crippen molar-refractivity contribution in [3.8, 4) is 0 Å².